The molecule has 1 N–H and O–H groups in total. The predicted molar refractivity (Wildman–Crippen MR) is 104 cm³/mol. The Morgan fingerprint density at radius 2 is 1.77 bits per heavy atom. The fraction of sp³-hybridized carbons (Fsp3) is 0.143. The first-order chi connectivity index (χ1) is 12.4. The number of rotatable bonds is 4. The van der Waals surface area contributed by atoms with Crippen molar-refractivity contribution in [3.63, 3.8) is 0 Å². The minimum Gasteiger partial charge on any atom is -0.478 e. The molecule has 0 radical (unpaired) electrons. The zero-order valence-corrected chi connectivity index (χ0v) is 14.8. The second-order valence-corrected chi connectivity index (χ2v) is 6.26. The van der Waals surface area contributed by atoms with E-state index in [-0.39, 0.29) is 5.56 Å². The van der Waals surface area contributed by atoms with Crippen LogP contribution in [-0.4, -0.2) is 25.2 Å². The molecule has 26 heavy (non-hydrogen) atoms. The van der Waals surface area contributed by atoms with E-state index in [0.717, 1.165) is 22.2 Å². The van der Waals surface area contributed by atoms with Crippen molar-refractivity contribution in [3.8, 4) is 0 Å². The van der Waals surface area contributed by atoms with E-state index >= 15 is 0 Å². The molecule has 2 aromatic carbocycles. The van der Waals surface area contributed by atoms with Crippen molar-refractivity contribution in [3.05, 3.63) is 75.1 Å². The molecule has 0 amide bonds. The van der Waals surface area contributed by atoms with Crippen LogP contribution in [0.1, 0.15) is 27.0 Å². The van der Waals surface area contributed by atoms with E-state index in [9.17, 15) is 9.59 Å². The van der Waals surface area contributed by atoms with E-state index in [4.69, 9.17) is 9.52 Å². The van der Waals surface area contributed by atoms with Crippen LogP contribution in [0.3, 0.4) is 0 Å². The highest BCUT2D eigenvalue weighted by molar-refractivity contribution is 5.89. The van der Waals surface area contributed by atoms with Crippen molar-refractivity contribution in [1.29, 1.82) is 0 Å². The largest absolute Gasteiger partial charge is 0.478 e. The summed E-state index contributed by atoms with van der Waals surface area (Å²) in [5.41, 5.74) is 3.47. The van der Waals surface area contributed by atoms with E-state index in [1.165, 1.54) is 12.1 Å². The Labute approximate surface area is 150 Å². The van der Waals surface area contributed by atoms with Gasteiger partial charge in [0.15, 0.2) is 0 Å². The van der Waals surface area contributed by atoms with Gasteiger partial charge in [-0.05, 0) is 48.4 Å². The highest BCUT2D eigenvalue weighted by Crippen LogP contribution is 2.25. The van der Waals surface area contributed by atoms with E-state index in [1.54, 1.807) is 24.3 Å². The lowest BCUT2D eigenvalue weighted by Crippen LogP contribution is -2.09. The number of benzene rings is 2. The summed E-state index contributed by atoms with van der Waals surface area (Å²) >= 11 is 0. The molecule has 1 heterocycles. The van der Waals surface area contributed by atoms with Gasteiger partial charge in [-0.15, -0.1) is 0 Å². The molecule has 3 rings (SSSR count). The van der Waals surface area contributed by atoms with Gasteiger partial charge in [0.2, 0.25) is 0 Å². The summed E-state index contributed by atoms with van der Waals surface area (Å²) in [6, 6.07) is 12.2. The molecule has 0 aliphatic heterocycles. The summed E-state index contributed by atoms with van der Waals surface area (Å²) in [5.74, 6) is -0.969. The van der Waals surface area contributed by atoms with E-state index in [2.05, 4.69) is 0 Å². The number of anilines is 1. The van der Waals surface area contributed by atoms with Gasteiger partial charge in [-0.1, -0.05) is 18.2 Å². The van der Waals surface area contributed by atoms with Gasteiger partial charge in [0.1, 0.15) is 5.58 Å². The summed E-state index contributed by atoms with van der Waals surface area (Å²) in [5, 5.41) is 9.82. The number of aromatic carboxylic acids is 1. The molecule has 0 spiro atoms. The van der Waals surface area contributed by atoms with Crippen molar-refractivity contribution in [2.24, 2.45) is 0 Å². The Hall–Kier alpha value is -3.34. The van der Waals surface area contributed by atoms with Gasteiger partial charge in [-0.3, -0.25) is 0 Å². The summed E-state index contributed by atoms with van der Waals surface area (Å²) in [7, 11) is 3.86. The number of fused-ring (bicyclic) bond motifs is 1. The molecule has 0 atom stereocenters. The fourth-order valence-corrected chi connectivity index (χ4v) is 2.75. The van der Waals surface area contributed by atoms with Crippen LogP contribution >= 0.6 is 0 Å². The first kappa shape index (κ1) is 17.5. The third-order valence-corrected chi connectivity index (χ3v) is 4.31. The van der Waals surface area contributed by atoms with Crippen LogP contribution in [0.2, 0.25) is 0 Å². The maximum Gasteiger partial charge on any atom is 0.343 e. The Bertz CT molecular complexity index is 1060. The SMILES string of the molecule is Cc1c(/C=C/c2ccc(C(=O)O)cc2)c(=O)oc2cc(N(C)C)ccc12. The molecule has 1 aromatic heterocycles. The fourth-order valence-electron chi connectivity index (χ4n) is 2.75. The van der Waals surface area contributed by atoms with Crippen LogP contribution in [-0.2, 0) is 0 Å². The van der Waals surface area contributed by atoms with Gasteiger partial charge in [0.25, 0.3) is 0 Å². The predicted octanol–water partition coefficient (Wildman–Crippen LogP) is 4.04. The Morgan fingerprint density at radius 1 is 1.08 bits per heavy atom. The summed E-state index contributed by atoms with van der Waals surface area (Å²) < 4.78 is 5.49. The third kappa shape index (κ3) is 3.37. The van der Waals surface area contributed by atoms with Gasteiger partial charge in [0.05, 0.1) is 11.1 Å². The Kier molecular flexibility index (Phi) is 4.63. The lowest BCUT2D eigenvalue weighted by atomic mass is 10.0. The number of carboxylic acid groups (broad SMARTS) is 1. The number of nitrogens with zero attached hydrogens (tertiary/aromatic N) is 1. The number of hydrogen-bond acceptors (Lipinski definition) is 4. The first-order valence-electron chi connectivity index (χ1n) is 8.13. The molecular weight excluding hydrogens is 330 g/mol. The molecule has 0 saturated heterocycles. The number of hydrogen-bond donors (Lipinski definition) is 1. The monoisotopic (exact) mass is 349 g/mol. The standard InChI is InChI=1S/C21H19NO4/c1-13-17-11-9-16(22(2)3)12-19(17)26-21(25)18(13)10-6-14-4-7-15(8-5-14)20(23)24/h4-12H,1-3H3,(H,23,24)/b10-6+. The van der Waals surface area contributed by atoms with Gasteiger partial charge in [-0.25, -0.2) is 9.59 Å². The molecule has 0 unspecified atom stereocenters. The number of carboxylic acids is 1. The van der Waals surface area contributed by atoms with Crippen LogP contribution in [0.25, 0.3) is 23.1 Å². The highest BCUT2D eigenvalue weighted by atomic mass is 16.4. The van der Waals surface area contributed by atoms with Crippen molar-refractivity contribution in [1.82, 2.24) is 0 Å². The van der Waals surface area contributed by atoms with Crippen molar-refractivity contribution < 1.29 is 14.3 Å². The van der Waals surface area contributed by atoms with Crippen molar-refractivity contribution in [2.45, 2.75) is 6.92 Å². The maximum atomic E-state index is 12.4. The van der Waals surface area contributed by atoms with Gasteiger partial charge >= 0.3 is 11.6 Å². The van der Waals surface area contributed by atoms with E-state index in [1.807, 2.05) is 44.1 Å². The number of aryl methyl sites for hydroxylation is 1. The minimum absolute atomic E-state index is 0.222. The Balaban J connectivity index is 2.01. The molecule has 5 heteroatoms. The normalized spacial score (nSPS) is 11.2. The van der Waals surface area contributed by atoms with E-state index < -0.39 is 11.6 Å². The molecule has 0 fully saturated rings. The quantitative estimate of drug-likeness (QED) is 0.720. The molecule has 3 aromatic rings. The zero-order valence-electron chi connectivity index (χ0n) is 14.8. The van der Waals surface area contributed by atoms with Crippen LogP contribution in [0.15, 0.2) is 51.7 Å². The lowest BCUT2D eigenvalue weighted by molar-refractivity contribution is 0.0697. The van der Waals surface area contributed by atoms with E-state index in [0.29, 0.717) is 11.1 Å². The molecule has 0 aliphatic rings. The average molecular weight is 349 g/mol. The topological polar surface area (TPSA) is 70.7 Å². The number of carbonyl (C=O) groups is 1. The maximum absolute atomic E-state index is 12.4. The second-order valence-electron chi connectivity index (χ2n) is 6.26. The molecule has 5 nitrogen and oxygen atoms in total. The smallest absolute Gasteiger partial charge is 0.343 e. The average Bonchev–Trinajstić information content (AvgIpc) is 2.61. The van der Waals surface area contributed by atoms with Crippen molar-refractivity contribution >= 4 is 34.8 Å². The molecule has 0 bridgehead atoms. The molecule has 0 aliphatic carbocycles. The summed E-state index contributed by atoms with van der Waals surface area (Å²) in [4.78, 5) is 25.2. The molecule has 0 saturated carbocycles. The summed E-state index contributed by atoms with van der Waals surface area (Å²) in [6.07, 6.45) is 3.47. The van der Waals surface area contributed by atoms with Gasteiger partial charge < -0.3 is 14.4 Å². The summed E-state index contributed by atoms with van der Waals surface area (Å²) in [6.45, 7) is 1.89. The first-order valence-corrected chi connectivity index (χ1v) is 8.13. The third-order valence-electron chi connectivity index (χ3n) is 4.31. The van der Waals surface area contributed by atoms with Crippen LogP contribution in [0, 0.1) is 6.92 Å². The van der Waals surface area contributed by atoms with Crippen LogP contribution < -0.4 is 10.5 Å². The minimum atomic E-state index is -0.969. The van der Waals surface area contributed by atoms with Crippen LogP contribution in [0.5, 0.6) is 0 Å². The Morgan fingerprint density at radius 3 is 2.38 bits per heavy atom. The van der Waals surface area contributed by atoms with Gasteiger partial charge in [-0.2, -0.15) is 0 Å². The second kappa shape index (κ2) is 6.88. The van der Waals surface area contributed by atoms with Crippen LogP contribution in [0.4, 0.5) is 5.69 Å². The zero-order chi connectivity index (χ0) is 18.8. The molecular formula is C21H19NO4. The molecule has 132 valence electrons. The highest BCUT2D eigenvalue weighted by Gasteiger charge is 2.10. The lowest BCUT2D eigenvalue weighted by Gasteiger charge is -2.13. The van der Waals surface area contributed by atoms with Gasteiger partial charge in [0, 0.05) is 31.2 Å². The van der Waals surface area contributed by atoms with Crippen molar-refractivity contribution in [2.75, 3.05) is 19.0 Å².